The SMILES string of the molecule is COc1cncc([C@@H](OC)C(=O)N[C@@H](CCC(=O)C=N)C(=O)OC(C)C)c1. The molecule has 9 heteroatoms. The Kier molecular flexibility index (Phi) is 9.07. The van der Waals surface area contributed by atoms with E-state index in [0.29, 0.717) is 17.5 Å². The van der Waals surface area contributed by atoms with E-state index in [4.69, 9.17) is 19.6 Å². The van der Waals surface area contributed by atoms with E-state index in [2.05, 4.69) is 10.3 Å². The summed E-state index contributed by atoms with van der Waals surface area (Å²) in [5.74, 6) is -1.24. The van der Waals surface area contributed by atoms with Crippen molar-refractivity contribution in [3.8, 4) is 5.75 Å². The summed E-state index contributed by atoms with van der Waals surface area (Å²) in [6, 6.07) is 0.556. The predicted octanol–water partition coefficient (Wildman–Crippen LogP) is 1.21. The van der Waals surface area contributed by atoms with Gasteiger partial charge in [-0.15, -0.1) is 0 Å². The number of Topliss-reactive ketones (excluding diaryl/α,β-unsaturated/α-hetero) is 1. The molecule has 0 aromatic carbocycles. The summed E-state index contributed by atoms with van der Waals surface area (Å²) in [7, 11) is 2.82. The molecular weight excluding hydrogens is 354 g/mol. The van der Waals surface area contributed by atoms with E-state index in [1.165, 1.54) is 26.6 Å². The topological polar surface area (TPSA) is 128 Å². The minimum Gasteiger partial charge on any atom is -0.495 e. The van der Waals surface area contributed by atoms with Crippen LogP contribution in [0.3, 0.4) is 0 Å². The van der Waals surface area contributed by atoms with Gasteiger partial charge in [0.05, 0.1) is 25.6 Å². The number of esters is 1. The molecule has 148 valence electrons. The lowest BCUT2D eigenvalue weighted by atomic mass is 10.1. The second-order valence-corrected chi connectivity index (χ2v) is 5.97. The van der Waals surface area contributed by atoms with Gasteiger partial charge < -0.3 is 24.9 Å². The summed E-state index contributed by atoms with van der Waals surface area (Å²) in [5.41, 5.74) is 0.445. The Hall–Kier alpha value is -2.81. The second-order valence-electron chi connectivity index (χ2n) is 5.97. The fraction of sp³-hybridized carbons (Fsp3) is 0.500. The van der Waals surface area contributed by atoms with E-state index < -0.39 is 29.8 Å². The fourth-order valence-corrected chi connectivity index (χ4v) is 2.25. The van der Waals surface area contributed by atoms with Gasteiger partial charge in [0, 0.05) is 25.3 Å². The summed E-state index contributed by atoms with van der Waals surface area (Å²) in [4.78, 5) is 40.3. The third kappa shape index (κ3) is 7.14. The van der Waals surface area contributed by atoms with Gasteiger partial charge in [-0.05, 0) is 26.3 Å². The zero-order valence-electron chi connectivity index (χ0n) is 15.9. The number of methoxy groups -OCH3 is 2. The van der Waals surface area contributed by atoms with Crippen molar-refractivity contribution < 1.29 is 28.6 Å². The van der Waals surface area contributed by atoms with E-state index >= 15 is 0 Å². The van der Waals surface area contributed by atoms with Gasteiger partial charge >= 0.3 is 5.97 Å². The minimum atomic E-state index is -1.04. The van der Waals surface area contributed by atoms with E-state index in [-0.39, 0.29) is 18.9 Å². The molecular formula is C18H25N3O6. The Bertz CT molecular complexity index is 677. The number of pyridine rings is 1. The highest BCUT2D eigenvalue weighted by molar-refractivity contribution is 6.26. The van der Waals surface area contributed by atoms with Crippen LogP contribution in [0.2, 0.25) is 0 Å². The molecule has 1 rings (SSSR count). The lowest BCUT2D eigenvalue weighted by Gasteiger charge is -2.22. The van der Waals surface area contributed by atoms with Crippen molar-refractivity contribution >= 4 is 23.9 Å². The first kappa shape index (κ1) is 22.2. The molecule has 0 saturated carbocycles. The second kappa shape index (κ2) is 11.0. The zero-order chi connectivity index (χ0) is 20.4. The summed E-state index contributed by atoms with van der Waals surface area (Å²) < 4.78 is 15.5. The number of hydrogen-bond donors (Lipinski definition) is 2. The first-order valence-corrected chi connectivity index (χ1v) is 8.38. The molecule has 2 N–H and O–H groups in total. The van der Waals surface area contributed by atoms with E-state index in [0.717, 1.165) is 0 Å². The number of hydrogen-bond acceptors (Lipinski definition) is 8. The molecule has 0 aliphatic rings. The van der Waals surface area contributed by atoms with Crippen molar-refractivity contribution in [2.24, 2.45) is 0 Å². The van der Waals surface area contributed by atoms with Crippen LogP contribution in [0.5, 0.6) is 5.75 Å². The van der Waals surface area contributed by atoms with Crippen LogP contribution >= 0.6 is 0 Å². The quantitative estimate of drug-likeness (QED) is 0.437. The van der Waals surface area contributed by atoms with Crippen LogP contribution in [-0.4, -0.2) is 55.2 Å². The van der Waals surface area contributed by atoms with Gasteiger partial charge in [-0.2, -0.15) is 0 Å². The van der Waals surface area contributed by atoms with Gasteiger partial charge in [-0.1, -0.05) is 0 Å². The van der Waals surface area contributed by atoms with E-state index in [1.807, 2.05) is 0 Å². The van der Waals surface area contributed by atoms with Gasteiger partial charge in [0.1, 0.15) is 11.8 Å². The molecule has 27 heavy (non-hydrogen) atoms. The zero-order valence-corrected chi connectivity index (χ0v) is 15.9. The summed E-state index contributed by atoms with van der Waals surface area (Å²) in [6.07, 6.45) is 2.15. The number of ketones is 1. The first-order chi connectivity index (χ1) is 12.8. The fourth-order valence-electron chi connectivity index (χ4n) is 2.25. The molecule has 2 atom stereocenters. The first-order valence-electron chi connectivity index (χ1n) is 8.38. The average Bonchev–Trinajstić information content (AvgIpc) is 2.64. The number of nitrogens with one attached hydrogen (secondary N) is 2. The summed E-state index contributed by atoms with van der Waals surface area (Å²) in [6.45, 7) is 3.36. The Labute approximate surface area is 157 Å². The molecule has 0 fully saturated rings. The van der Waals surface area contributed by atoms with Gasteiger partial charge in [0.2, 0.25) is 0 Å². The Balaban J connectivity index is 2.94. The van der Waals surface area contributed by atoms with Crippen LogP contribution in [-0.2, 0) is 23.9 Å². The number of carbonyl (C=O) groups excluding carboxylic acids is 3. The predicted molar refractivity (Wildman–Crippen MR) is 96.7 cm³/mol. The maximum absolute atomic E-state index is 12.6. The smallest absolute Gasteiger partial charge is 0.328 e. The molecule has 1 aromatic heterocycles. The largest absolute Gasteiger partial charge is 0.495 e. The summed E-state index contributed by atoms with van der Waals surface area (Å²) in [5, 5.41) is 9.50. The molecule has 1 amide bonds. The lowest BCUT2D eigenvalue weighted by molar-refractivity contribution is -0.152. The third-order valence-corrected chi connectivity index (χ3v) is 3.54. The molecule has 0 unspecified atom stereocenters. The molecule has 0 bridgehead atoms. The normalized spacial score (nSPS) is 12.8. The van der Waals surface area contributed by atoms with Crippen molar-refractivity contribution in [3.05, 3.63) is 24.0 Å². The minimum absolute atomic E-state index is 0.0122. The molecule has 1 aromatic rings. The highest BCUT2D eigenvalue weighted by atomic mass is 16.5. The number of carbonyl (C=O) groups is 3. The van der Waals surface area contributed by atoms with Crippen LogP contribution in [0.15, 0.2) is 18.5 Å². The van der Waals surface area contributed by atoms with Crippen molar-refractivity contribution in [1.29, 1.82) is 5.41 Å². The maximum atomic E-state index is 12.6. The molecule has 0 radical (unpaired) electrons. The third-order valence-electron chi connectivity index (χ3n) is 3.54. The van der Waals surface area contributed by atoms with Gasteiger partial charge in [0.25, 0.3) is 5.91 Å². The number of amides is 1. The van der Waals surface area contributed by atoms with Crippen LogP contribution in [0.1, 0.15) is 38.4 Å². The van der Waals surface area contributed by atoms with Crippen molar-refractivity contribution in [3.63, 3.8) is 0 Å². The number of ether oxygens (including phenoxy) is 3. The molecule has 0 aliphatic carbocycles. The van der Waals surface area contributed by atoms with Crippen LogP contribution in [0.25, 0.3) is 0 Å². The number of nitrogens with zero attached hydrogens (tertiary/aromatic N) is 1. The van der Waals surface area contributed by atoms with Crippen LogP contribution < -0.4 is 10.1 Å². The van der Waals surface area contributed by atoms with Crippen LogP contribution in [0, 0.1) is 5.41 Å². The lowest BCUT2D eigenvalue weighted by Crippen LogP contribution is -2.45. The van der Waals surface area contributed by atoms with Gasteiger partial charge in [0.15, 0.2) is 11.9 Å². The number of rotatable bonds is 11. The Morgan fingerprint density at radius 2 is 1.96 bits per heavy atom. The van der Waals surface area contributed by atoms with Crippen LogP contribution in [0.4, 0.5) is 0 Å². The van der Waals surface area contributed by atoms with Gasteiger partial charge in [-0.3, -0.25) is 14.6 Å². The Morgan fingerprint density at radius 3 is 2.52 bits per heavy atom. The average molecular weight is 379 g/mol. The molecule has 0 aliphatic heterocycles. The highest BCUT2D eigenvalue weighted by Gasteiger charge is 2.28. The van der Waals surface area contributed by atoms with Crippen molar-refractivity contribution in [2.75, 3.05) is 14.2 Å². The number of aromatic nitrogens is 1. The molecule has 0 spiro atoms. The monoisotopic (exact) mass is 379 g/mol. The van der Waals surface area contributed by atoms with E-state index in [9.17, 15) is 14.4 Å². The van der Waals surface area contributed by atoms with Crippen molar-refractivity contribution in [2.45, 2.75) is 44.9 Å². The standard InChI is InChI=1S/C18H25N3O6/c1-11(2)27-18(24)15(6-5-13(22)8-19)21-17(23)16(26-4)12-7-14(25-3)10-20-9-12/h7-11,15-16,19H,5-6H2,1-4H3,(H,21,23)/t15-,16+/m0/s1. The molecule has 9 nitrogen and oxygen atoms in total. The molecule has 1 heterocycles. The summed E-state index contributed by atoms with van der Waals surface area (Å²) >= 11 is 0. The highest BCUT2D eigenvalue weighted by Crippen LogP contribution is 2.21. The van der Waals surface area contributed by atoms with Gasteiger partial charge in [-0.25, -0.2) is 4.79 Å². The van der Waals surface area contributed by atoms with E-state index in [1.54, 1.807) is 19.9 Å². The molecule has 0 saturated heterocycles. The Morgan fingerprint density at radius 1 is 1.26 bits per heavy atom. The maximum Gasteiger partial charge on any atom is 0.328 e. The van der Waals surface area contributed by atoms with Crippen molar-refractivity contribution in [1.82, 2.24) is 10.3 Å².